The zero-order chi connectivity index (χ0) is 32.8. The number of alkyl halides is 1. The van der Waals surface area contributed by atoms with Gasteiger partial charge in [-0.25, -0.2) is 29.3 Å². The largest absolute Gasteiger partial charge is 0.393 e. The first-order valence-electron chi connectivity index (χ1n) is 16.0. The molecule has 4 aromatic rings. The highest BCUT2D eigenvalue weighted by molar-refractivity contribution is 5.92. The Kier molecular flexibility index (Phi) is 9.58. The topological polar surface area (TPSA) is 157 Å². The van der Waals surface area contributed by atoms with Crippen molar-refractivity contribution in [2.24, 2.45) is 0 Å². The van der Waals surface area contributed by atoms with E-state index in [1.165, 1.54) is 6.20 Å². The fourth-order valence-corrected chi connectivity index (χ4v) is 6.09. The molecule has 2 fully saturated rings. The molecule has 0 spiro atoms. The second-order valence-corrected chi connectivity index (χ2v) is 12.1. The third-order valence-corrected chi connectivity index (χ3v) is 8.76. The van der Waals surface area contributed by atoms with E-state index < -0.39 is 12.3 Å². The van der Waals surface area contributed by atoms with Gasteiger partial charge in [0.05, 0.1) is 25.9 Å². The van der Waals surface area contributed by atoms with Crippen LogP contribution >= 0.6 is 0 Å². The molecule has 12 nitrogen and oxygen atoms in total. The molecule has 0 radical (unpaired) electrons. The number of hydrogen-bond acceptors (Lipinski definition) is 11. The molecular formula is C34H37FN10O2. The summed E-state index contributed by atoms with van der Waals surface area (Å²) >= 11 is 0. The maximum Gasteiger partial charge on any atom is 0.232 e. The van der Waals surface area contributed by atoms with Gasteiger partial charge in [-0.3, -0.25) is 9.69 Å². The fourth-order valence-electron chi connectivity index (χ4n) is 6.09. The summed E-state index contributed by atoms with van der Waals surface area (Å²) in [5, 5.41) is 22.2. The number of hydrogen-bond donors (Lipinski definition) is 2. The second-order valence-electron chi connectivity index (χ2n) is 12.1. The van der Waals surface area contributed by atoms with Gasteiger partial charge in [-0.1, -0.05) is 37.3 Å². The summed E-state index contributed by atoms with van der Waals surface area (Å²) in [6, 6.07) is 12.0. The molecule has 0 atom stereocenters. The van der Waals surface area contributed by atoms with E-state index in [1.54, 1.807) is 34.6 Å². The number of amides is 1. The number of nitriles is 1. The van der Waals surface area contributed by atoms with E-state index in [2.05, 4.69) is 41.3 Å². The van der Waals surface area contributed by atoms with E-state index in [0.29, 0.717) is 43.4 Å². The summed E-state index contributed by atoms with van der Waals surface area (Å²) in [5.74, 6) is 1.81. The van der Waals surface area contributed by atoms with E-state index in [0.717, 1.165) is 41.8 Å². The Balaban J connectivity index is 1.15. The zero-order valence-corrected chi connectivity index (χ0v) is 26.3. The fraction of sp³-hybridized carbons (Fsp3) is 0.412. The minimum Gasteiger partial charge on any atom is -0.393 e. The van der Waals surface area contributed by atoms with E-state index in [9.17, 15) is 19.6 Å². The van der Waals surface area contributed by atoms with Crippen molar-refractivity contribution >= 4 is 23.6 Å². The maximum absolute atomic E-state index is 14.3. The van der Waals surface area contributed by atoms with E-state index in [4.69, 9.17) is 0 Å². The average molecular weight is 637 g/mol. The Morgan fingerprint density at radius 2 is 1.68 bits per heavy atom. The highest BCUT2D eigenvalue weighted by Crippen LogP contribution is 2.33. The molecule has 2 N–H and O–H groups in total. The lowest BCUT2D eigenvalue weighted by molar-refractivity contribution is -0.119. The summed E-state index contributed by atoms with van der Waals surface area (Å²) in [4.78, 5) is 44.1. The van der Waals surface area contributed by atoms with Crippen LogP contribution in [0.1, 0.15) is 56.0 Å². The first kappa shape index (κ1) is 31.9. The quantitative estimate of drug-likeness (QED) is 0.245. The van der Waals surface area contributed by atoms with Crippen molar-refractivity contribution in [3.8, 4) is 17.2 Å². The lowest BCUT2D eigenvalue weighted by Gasteiger charge is -2.44. The molecule has 0 unspecified atom stereocenters. The third-order valence-electron chi connectivity index (χ3n) is 8.76. The number of halogens is 1. The maximum atomic E-state index is 14.3. The second kappa shape index (κ2) is 14.1. The Bertz CT molecular complexity index is 1700. The smallest absolute Gasteiger partial charge is 0.232 e. The Morgan fingerprint density at radius 1 is 1.02 bits per heavy atom. The number of aliphatic hydroxyl groups excluding tert-OH is 1. The van der Waals surface area contributed by atoms with Gasteiger partial charge in [0.2, 0.25) is 17.8 Å². The van der Waals surface area contributed by atoms with Crippen molar-refractivity contribution in [2.45, 2.75) is 69.6 Å². The van der Waals surface area contributed by atoms with Crippen LogP contribution in [0.5, 0.6) is 0 Å². The molecule has 1 amide bonds. The summed E-state index contributed by atoms with van der Waals surface area (Å²) in [6.07, 6.45) is 13.0. The van der Waals surface area contributed by atoms with Gasteiger partial charge in [0.1, 0.15) is 17.5 Å². The SMILES string of the molecule is CCc1ncc(-c2cnc(N(C(=O)CCc3ccccc3)[C@H]3CC[C@H](Nc4ncc(C#N)c(N5CC(F)(CO)C5)n4)CC3)nc2)cn1. The predicted molar refractivity (Wildman–Crippen MR) is 174 cm³/mol. The van der Waals surface area contributed by atoms with Gasteiger partial charge in [0.25, 0.3) is 0 Å². The molecule has 242 valence electrons. The lowest BCUT2D eigenvalue weighted by atomic mass is 9.90. The van der Waals surface area contributed by atoms with Gasteiger partial charge in [-0.15, -0.1) is 0 Å². The first-order valence-corrected chi connectivity index (χ1v) is 16.0. The molecule has 1 aliphatic carbocycles. The normalized spacial score (nSPS) is 18.6. The number of aromatic nitrogens is 6. The molecule has 1 saturated carbocycles. The van der Waals surface area contributed by atoms with Crippen LogP contribution in [0.2, 0.25) is 0 Å². The number of anilines is 3. The van der Waals surface area contributed by atoms with Gasteiger partial charge in [0, 0.05) is 60.8 Å². The molecule has 6 rings (SSSR count). The number of aliphatic hydroxyl groups is 1. The van der Waals surface area contributed by atoms with Gasteiger partial charge >= 0.3 is 0 Å². The van der Waals surface area contributed by atoms with Gasteiger partial charge < -0.3 is 15.3 Å². The minimum absolute atomic E-state index is 0.0319. The molecule has 1 aliphatic heterocycles. The average Bonchev–Trinajstić information content (AvgIpc) is 3.11. The molecule has 1 saturated heterocycles. The highest BCUT2D eigenvalue weighted by atomic mass is 19.1. The molecule has 13 heteroatoms. The van der Waals surface area contributed by atoms with E-state index in [-0.39, 0.29) is 36.6 Å². The number of carbonyl (C=O) groups excluding carboxylic acids is 1. The number of carbonyl (C=O) groups is 1. The van der Waals surface area contributed by atoms with E-state index >= 15 is 0 Å². The van der Waals surface area contributed by atoms with Crippen molar-refractivity contribution in [3.63, 3.8) is 0 Å². The molecule has 4 heterocycles. The summed E-state index contributed by atoms with van der Waals surface area (Å²) in [6.45, 7) is 1.36. The van der Waals surface area contributed by atoms with Crippen molar-refractivity contribution in [3.05, 3.63) is 78.3 Å². The summed E-state index contributed by atoms with van der Waals surface area (Å²) in [7, 11) is 0. The molecule has 0 bridgehead atoms. The van der Waals surface area contributed by atoms with Gasteiger partial charge in [-0.05, 0) is 37.7 Å². The number of aryl methyl sites for hydroxylation is 2. The molecule has 3 aromatic heterocycles. The number of nitrogens with one attached hydrogen (secondary N) is 1. The van der Waals surface area contributed by atoms with Crippen molar-refractivity contribution in [1.82, 2.24) is 29.9 Å². The number of nitrogens with zero attached hydrogens (tertiary/aromatic N) is 9. The highest BCUT2D eigenvalue weighted by Gasteiger charge is 2.44. The molecule has 1 aromatic carbocycles. The third kappa shape index (κ3) is 7.33. The Morgan fingerprint density at radius 3 is 2.30 bits per heavy atom. The van der Waals surface area contributed by atoms with Crippen molar-refractivity contribution < 1.29 is 14.3 Å². The van der Waals surface area contributed by atoms with Crippen LogP contribution in [0.25, 0.3) is 11.1 Å². The molecule has 47 heavy (non-hydrogen) atoms. The lowest BCUT2D eigenvalue weighted by Crippen LogP contribution is -2.61. The standard InChI is InChI=1S/C34H37FN10O2/c1-2-29-37-16-25(17-38-29)26-18-40-33(41-19-26)45(30(47)13-8-23-6-4-3-5-7-23)28-11-9-27(10-12-28)42-32-39-15-24(14-36)31(43-32)44-20-34(35,21-44)22-46/h3-7,15-19,27-28,46H,2,8-13,20-22H2,1H3,(H,39,42,43)/t27-,28-. The van der Waals surface area contributed by atoms with Crippen LogP contribution in [-0.2, 0) is 17.6 Å². The summed E-state index contributed by atoms with van der Waals surface area (Å²) in [5.41, 5.74) is 1.23. The number of benzene rings is 1. The van der Waals surface area contributed by atoms with Crippen LogP contribution < -0.4 is 15.1 Å². The first-order chi connectivity index (χ1) is 22.9. The van der Waals surface area contributed by atoms with Crippen LogP contribution in [0.15, 0.2) is 61.3 Å². The molecule has 2 aliphatic rings. The molecular weight excluding hydrogens is 599 g/mol. The van der Waals surface area contributed by atoms with Crippen LogP contribution in [0.3, 0.4) is 0 Å². The van der Waals surface area contributed by atoms with Gasteiger partial charge in [-0.2, -0.15) is 10.2 Å². The minimum atomic E-state index is -1.69. The monoisotopic (exact) mass is 636 g/mol. The van der Waals surface area contributed by atoms with Crippen molar-refractivity contribution in [2.75, 3.05) is 34.8 Å². The summed E-state index contributed by atoms with van der Waals surface area (Å²) < 4.78 is 14.3. The number of rotatable bonds is 11. The zero-order valence-electron chi connectivity index (χ0n) is 26.3. The van der Waals surface area contributed by atoms with Crippen LogP contribution in [0, 0.1) is 11.3 Å². The van der Waals surface area contributed by atoms with Crippen LogP contribution in [-0.4, -0.2) is 78.4 Å². The van der Waals surface area contributed by atoms with E-state index in [1.807, 2.05) is 37.3 Å². The van der Waals surface area contributed by atoms with Crippen LogP contribution in [0.4, 0.5) is 22.1 Å². The van der Waals surface area contributed by atoms with Crippen molar-refractivity contribution in [1.29, 1.82) is 5.26 Å². The van der Waals surface area contributed by atoms with Gasteiger partial charge in [0.15, 0.2) is 11.5 Å². The Hall–Kier alpha value is -5.09. The predicted octanol–water partition coefficient (Wildman–Crippen LogP) is 4.07. The Labute approximate surface area is 272 Å².